The summed E-state index contributed by atoms with van der Waals surface area (Å²) in [7, 11) is 1.65. The van der Waals surface area contributed by atoms with Gasteiger partial charge in [-0.15, -0.1) is 0 Å². The molecule has 6 heteroatoms. The van der Waals surface area contributed by atoms with Crippen LogP contribution < -0.4 is 15.3 Å². The molecule has 0 saturated carbocycles. The van der Waals surface area contributed by atoms with Crippen LogP contribution in [0.3, 0.4) is 0 Å². The van der Waals surface area contributed by atoms with E-state index in [0.29, 0.717) is 37.1 Å². The third-order valence-corrected chi connectivity index (χ3v) is 6.36. The molecule has 34 heavy (non-hydrogen) atoms. The molecule has 0 radical (unpaired) electrons. The summed E-state index contributed by atoms with van der Waals surface area (Å²) in [5.74, 6) is 0.641. The molecule has 1 saturated heterocycles. The number of aryl methyl sites for hydroxylation is 1. The van der Waals surface area contributed by atoms with Crippen molar-refractivity contribution < 1.29 is 13.9 Å². The molecule has 1 aliphatic heterocycles. The summed E-state index contributed by atoms with van der Waals surface area (Å²) in [4.78, 5) is 30.4. The molecule has 0 atom stereocenters. The van der Waals surface area contributed by atoms with E-state index in [9.17, 15) is 9.59 Å². The maximum Gasteiger partial charge on any atom is 0.344 e. The molecule has 5 rings (SSSR count). The number of ether oxygens (including phenoxy) is 1. The highest BCUT2D eigenvalue weighted by atomic mass is 16.5. The Morgan fingerprint density at radius 3 is 2.29 bits per heavy atom. The van der Waals surface area contributed by atoms with Gasteiger partial charge in [-0.1, -0.05) is 54.1 Å². The first-order valence-corrected chi connectivity index (χ1v) is 11.4. The summed E-state index contributed by atoms with van der Waals surface area (Å²) in [5, 5.41) is 1.19. The highest BCUT2D eigenvalue weighted by Crippen LogP contribution is 2.32. The van der Waals surface area contributed by atoms with Crippen molar-refractivity contribution in [2.45, 2.75) is 6.92 Å². The largest absolute Gasteiger partial charge is 0.497 e. The minimum absolute atomic E-state index is 0.0994. The minimum atomic E-state index is -0.496. The van der Waals surface area contributed by atoms with Gasteiger partial charge in [0, 0.05) is 48.9 Å². The zero-order valence-electron chi connectivity index (χ0n) is 19.3. The molecule has 172 valence electrons. The van der Waals surface area contributed by atoms with Crippen molar-refractivity contribution in [1.29, 1.82) is 0 Å². The normalized spacial score (nSPS) is 13.8. The number of nitrogens with zero attached hydrogens (tertiary/aromatic N) is 2. The first-order chi connectivity index (χ1) is 16.5. The number of hydrogen-bond acceptors (Lipinski definition) is 5. The number of fused-ring (bicyclic) bond motifs is 1. The molecule has 1 aliphatic rings. The summed E-state index contributed by atoms with van der Waals surface area (Å²) in [6.45, 7) is 4.42. The number of hydrogen-bond donors (Lipinski definition) is 0. The van der Waals surface area contributed by atoms with E-state index < -0.39 is 5.63 Å². The van der Waals surface area contributed by atoms with Crippen LogP contribution in [0.15, 0.2) is 82.0 Å². The van der Waals surface area contributed by atoms with Crippen molar-refractivity contribution in [1.82, 2.24) is 4.90 Å². The van der Waals surface area contributed by atoms with Crippen LogP contribution in [0, 0.1) is 6.92 Å². The second-order valence-corrected chi connectivity index (χ2v) is 8.49. The van der Waals surface area contributed by atoms with Gasteiger partial charge >= 0.3 is 5.63 Å². The first-order valence-electron chi connectivity index (χ1n) is 11.4. The van der Waals surface area contributed by atoms with Gasteiger partial charge in [0.05, 0.1) is 12.5 Å². The Morgan fingerprint density at radius 2 is 1.59 bits per heavy atom. The molecular formula is C28H26N2O4. The van der Waals surface area contributed by atoms with Gasteiger partial charge in [-0.3, -0.25) is 4.79 Å². The zero-order valence-corrected chi connectivity index (χ0v) is 19.3. The average Bonchev–Trinajstić information content (AvgIpc) is 2.89. The Kier molecular flexibility index (Phi) is 5.80. The molecule has 1 fully saturated rings. The fourth-order valence-corrected chi connectivity index (χ4v) is 4.48. The second kappa shape index (κ2) is 9.06. The summed E-state index contributed by atoms with van der Waals surface area (Å²) in [6, 6.07) is 23.1. The van der Waals surface area contributed by atoms with Crippen LogP contribution in [0.4, 0.5) is 5.69 Å². The Labute approximate surface area is 198 Å². The third-order valence-electron chi connectivity index (χ3n) is 6.36. The maximum atomic E-state index is 13.7. The monoisotopic (exact) mass is 454 g/mol. The molecular weight excluding hydrogens is 428 g/mol. The quantitative estimate of drug-likeness (QED) is 0.446. The lowest BCUT2D eigenvalue weighted by Crippen LogP contribution is -2.49. The summed E-state index contributed by atoms with van der Waals surface area (Å²) in [6.07, 6.45) is 0. The van der Waals surface area contributed by atoms with Crippen LogP contribution >= 0.6 is 0 Å². The van der Waals surface area contributed by atoms with Crippen molar-refractivity contribution in [2.75, 3.05) is 38.2 Å². The van der Waals surface area contributed by atoms with E-state index in [4.69, 9.17) is 9.15 Å². The highest BCUT2D eigenvalue weighted by molar-refractivity contribution is 6.07. The molecule has 6 nitrogen and oxygen atoms in total. The number of methoxy groups -OCH3 is 1. The predicted molar refractivity (Wildman–Crippen MR) is 134 cm³/mol. The molecule has 3 aromatic carbocycles. The summed E-state index contributed by atoms with van der Waals surface area (Å²) >= 11 is 0. The van der Waals surface area contributed by atoms with Crippen LogP contribution in [0.2, 0.25) is 0 Å². The highest BCUT2D eigenvalue weighted by Gasteiger charge is 2.28. The molecule has 4 aromatic rings. The van der Waals surface area contributed by atoms with Crippen LogP contribution in [0.5, 0.6) is 5.75 Å². The molecule has 1 aromatic heterocycles. The molecule has 0 N–H and O–H groups in total. The SMILES string of the molecule is COc1cccc(N2CCN(C(=O)c3oc(=O)c4ccccc4c3-c3ccc(C)cc3)CC2)c1. The van der Waals surface area contributed by atoms with E-state index in [1.807, 2.05) is 67.6 Å². The predicted octanol–water partition coefficient (Wildman–Crippen LogP) is 4.74. The van der Waals surface area contributed by atoms with Gasteiger partial charge in [-0.05, 0) is 30.7 Å². The van der Waals surface area contributed by atoms with E-state index >= 15 is 0 Å². The Balaban J connectivity index is 1.48. The molecule has 0 aliphatic carbocycles. The lowest BCUT2D eigenvalue weighted by molar-refractivity contribution is 0.0711. The standard InChI is InChI=1S/C28H26N2O4/c1-19-10-12-20(13-11-19)25-23-8-3-4-9-24(23)28(32)34-26(25)27(31)30-16-14-29(15-17-30)21-6-5-7-22(18-21)33-2/h3-13,18H,14-17H2,1-2H3. The second-order valence-electron chi connectivity index (χ2n) is 8.49. The lowest BCUT2D eigenvalue weighted by Gasteiger charge is -2.36. The zero-order chi connectivity index (χ0) is 23.7. The maximum absolute atomic E-state index is 13.7. The average molecular weight is 455 g/mol. The van der Waals surface area contributed by atoms with Crippen LogP contribution in [-0.2, 0) is 0 Å². The van der Waals surface area contributed by atoms with E-state index in [-0.39, 0.29) is 11.7 Å². The van der Waals surface area contributed by atoms with Crippen LogP contribution in [0.25, 0.3) is 21.9 Å². The minimum Gasteiger partial charge on any atom is -0.497 e. The summed E-state index contributed by atoms with van der Waals surface area (Å²) < 4.78 is 11.0. The number of carbonyl (C=O) groups excluding carboxylic acids is 1. The number of rotatable bonds is 4. The number of benzene rings is 3. The first kappa shape index (κ1) is 21.8. The molecule has 2 heterocycles. The number of carbonyl (C=O) groups is 1. The smallest absolute Gasteiger partial charge is 0.344 e. The van der Waals surface area contributed by atoms with Crippen molar-refractivity contribution in [2.24, 2.45) is 0 Å². The third kappa shape index (κ3) is 4.03. The fraction of sp³-hybridized carbons (Fsp3) is 0.214. The van der Waals surface area contributed by atoms with Gasteiger partial charge in [0.25, 0.3) is 5.91 Å². The fourth-order valence-electron chi connectivity index (χ4n) is 4.48. The summed E-state index contributed by atoms with van der Waals surface area (Å²) in [5.41, 5.74) is 3.19. The molecule has 0 bridgehead atoms. The van der Waals surface area contributed by atoms with Gasteiger partial charge in [-0.2, -0.15) is 0 Å². The van der Waals surface area contributed by atoms with E-state index in [1.54, 1.807) is 24.1 Å². The van der Waals surface area contributed by atoms with E-state index in [1.165, 1.54) is 0 Å². The van der Waals surface area contributed by atoms with E-state index in [0.717, 1.165) is 28.0 Å². The number of piperazine rings is 1. The topological polar surface area (TPSA) is 63.0 Å². The molecule has 1 amide bonds. The van der Waals surface area contributed by atoms with Gasteiger partial charge in [-0.25, -0.2) is 4.79 Å². The van der Waals surface area contributed by atoms with Crippen molar-refractivity contribution in [3.05, 3.63) is 94.5 Å². The lowest BCUT2D eigenvalue weighted by atomic mass is 9.97. The number of anilines is 1. The van der Waals surface area contributed by atoms with Crippen LogP contribution in [-0.4, -0.2) is 44.1 Å². The molecule has 0 spiro atoms. The Hall–Kier alpha value is -4.06. The molecule has 0 unspecified atom stereocenters. The Morgan fingerprint density at radius 1 is 0.882 bits per heavy atom. The van der Waals surface area contributed by atoms with Gasteiger partial charge in [0.15, 0.2) is 0 Å². The van der Waals surface area contributed by atoms with Crippen molar-refractivity contribution >= 4 is 22.4 Å². The van der Waals surface area contributed by atoms with Crippen LogP contribution in [0.1, 0.15) is 16.1 Å². The van der Waals surface area contributed by atoms with Gasteiger partial charge in [0.2, 0.25) is 5.76 Å². The van der Waals surface area contributed by atoms with Crippen molar-refractivity contribution in [3.63, 3.8) is 0 Å². The van der Waals surface area contributed by atoms with E-state index in [2.05, 4.69) is 4.90 Å². The van der Waals surface area contributed by atoms with Crippen molar-refractivity contribution in [3.8, 4) is 16.9 Å². The van der Waals surface area contributed by atoms with Gasteiger partial charge < -0.3 is 19.0 Å². The number of amides is 1. The Bertz CT molecular complexity index is 1400. The van der Waals surface area contributed by atoms with Gasteiger partial charge in [0.1, 0.15) is 5.75 Å².